The molecule has 0 aliphatic carbocycles. The van der Waals surface area contributed by atoms with Gasteiger partial charge in [-0.05, 0) is 80.5 Å². The SMILES string of the molecule is CNC(C(=O)N1CCCC[C@H]1c1ncc(-c2ccc(-c3ccc(-c4nc([C@@H]5CCCN5C(=O)C(NC(=O)OC)C(C)C)[nH]c4Cl)cc3)cc2)[nH]1)C1CCOCC1. The summed E-state index contributed by atoms with van der Waals surface area (Å²) in [5.41, 5.74) is 5.52. The van der Waals surface area contributed by atoms with Gasteiger partial charge in [-0.1, -0.05) is 74.0 Å². The zero-order valence-corrected chi connectivity index (χ0v) is 33.4. The van der Waals surface area contributed by atoms with Crippen LogP contribution >= 0.6 is 11.6 Å². The van der Waals surface area contributed by atoms with Gasteiger partial charge in [-0.25, -0.2) is 14.8 Å². The van der Waals surface area contributed by atoms with Gasteiger partial charge >= 0.3 is 6.09 Å². The molecule has 2 aromatic carbocycles. The Hall–Kier alpha value is -4.72. The van der Waals surface area contributed by atoms with E-state index in [2.05, 4.69) is 44.9 Å². The third-order valence-corrected chi connectivity index (χ3v) is 11.9. The predicted octanol–water partition coefficient (Wildman–Crippen LogP) is 6.90. The Kier molecular flexibility index (Phi) is 12.4. The van der Waals surface area contributed by atoms with E-state index in [1.807, 2.05) is 56.3 Å². The third kappa shape index (κ3) is 8.35. The highest BCUT2D eigenvalue weighted by Gasteiger charge is 2.39. The number of piperidine rings is 1. The van der Waals surface area contributed by atoms with Gasteiger partial charge in [0.25, 0.3) is 0 Å². The van der Waals surface area contributed by atoms with Crippen LogP contribution in [0.15, 0.2) is 54.7 Å². The molecular weight excluding hydrogens is 732 g/mol. The van der Waals surface area contributed by atoms with Crippen LogP contribution in [0.3, 0.4) is 0 Å². The molecule has 3 aliphatic rings. The van der Waals surface area contributed by atoms with Gasteiger partial charge in [0.05, 0.1) is 37.1 Å². The normalized spacial score (nSPS) is 20.2. The molecule has 7 rings (SSSR count). The molecule has 4 N–H and O–H groups in total. The number of benzene rings is 2. The monoisotopic (exact) mass is 784 g/mol. The first kappa shape index (κ1) is 39.5. The largest absolute Gasteiger partial charge is 0.453 e. The zero-order valence-electron chi connectivity index (χ0n) is 32.6. The average Bonchev–Trinajstić information content (AvgIpc) is 4.01. The second-order valence-electron chi connectivity index (χ2n) is 15.4. The number of nitrogens with one attached hydrogen (secondary N) is 4. The lowest BCUT2D eigenvalue weighted by atomic mass is 9.89. The van der Waals surface area contributed by atoms with Crippen molar-refractivity contribution in [1.82, 2.24) is 40.4 Å². The number of methoxy groups -OCH3 is 1. The Morgan fingerprint density at radius 1 is 0.821 bits per heavy atom. The Balaban J connectivity index is 1.02. The summed E-state index contributed by atoms with van der Waals surface area (Å²) >= 11 is 6.72. The molecule has 14 heteroatoms. The topological polar surface area (TPSA) is 158 Å². The molecule has 3 fully saturated rings. The minimum absolute atomic E-state index is 0.0789. The number of nitrogens with zero attached hydrogens (tertiary/aromatic N) is 4. The highest BCUT2D eigenvalue weighted by molar-refractivity contribution is 6.31. The van der Waals surface area contributed by atoms with Crippen LogP contribution in [0.25, 0.3) is 33.6 Å². The number of aromatic nitrogens is 4. The standard InChI is InChI=1S/C42H53ClN8O5/c1-25(2)34(48-42(54)55-4)40(52)51-21-7-9-33(51)39-47-35(37(43)49-39)29-16-12-27(13-17-29)26-10-14-28(15-11-26)31-24-45-38(46-31)32-8-5-6-20-50(32)41(53)36(44-3)30-18-22-56-23-19-30/h10-17,24-25,30,32-34,36,44H,5-9,18-23H2,1-4H3,(H,45,46)(H,47,49)(H,48,54)/t32-,33-,34?,36?/m0/s1. The van der Waals surface area contributed by atoms with Gasteiger partial charge in [0, 0.05) is 31.9 Å². The van der Waals surface area contributed by atoms with Crippen molar-refractivity contribution < 1.29 is 23.9 Å². The third-order valence-electron chi connectivity index (χ3n) is 11.6. The number of amides is 3. The number of likely N-dealkylation sites (tertiary alicyclic amines) is 2. The Labute approximate surface area is 333 Å². The highest BCUT2D eigenvalue weighted by Crippen LogP contribution is 2.37. The van der Waals surface area contributed by atoms with E-state index in [-0.39, 0.29) is 41.8 Å². The number of halogens is 1. The van der Waals surface area contributed by atoms with Crippen molar-refractivity contribution in [2.75, 3.05) is 40.5 Å². The quantitative estimate of drug-likeness (QED) is 0.128. The van der Waals surface area contributed by atoms with Gasteiger partial charge in [0.15, 0.2) is 0 Å². The maximum Gasteiger partial charge on any atom is 0.407 e. The summed E-state index contributed by atoms with van der Waals surface area (Å²) in [6.45, 7) is 6.49. The molecule has 3 aliphatic heterocycles. The molecular formula is C42H53ClN8O5. The lowest BCUT2D eigenvalue weighted by Gasteiger charge is -2.39. The van der Waals surface area contributed by atoms with Crippen LogP contribution in [-0.2, 0) is 19.1 Å². The number of hydrogen-bond acceptors (Lipinski definition) is 8. The number of imidazole rings is 2. The maximum atomic E-state index is 13.9. The van der Waals surface area contributed by atoms with Crippen LogP contribution in [-0.4, -0.2) is 100 Å². The number of hydrogen-bond donors (Lipinski definition) is 4. The summed E-state index contributed by atoms with van der Waals surface area (Å²) in [6, 6.07) is 15.2. The van der Waals surface area contributed by atoms with Crippen LogP contribution in [0.2, 0.25) is 5.15 Å². The lowest BCUT2D eigenvalue weighted by molar-refractivity contribution is -0.140. The molecule has 3 saturated heterocycles. The molecule has 4 atom stereocenters. The van der Waals surface area contributed by atoms with Crippen molar-refractivity contribution >= 4 is 29.5 Å². The summed E-state index contributed by atoms with van der Waals surface area (Å²) in [5, 5.41) is 6.42. The van der Waals surface area contributed by atoms with E-state index in [9.17, 15) is 14.4 Å². The summed E-state index contributed by atoms with van der Waals surface area (Å²) < 4.78 is 10.3. The fraction of sp³-hybridized carbons (Fsp3) is 0.500. The van der Waals surface area contributed by atoms with Gasteiger partial charge < -0.3 is 39.9 Å². The molecule has 0 spiro atoms. The molecule has 3 amide bonds. The van der Waals surface area contributed by atoms with Crippen molar-refractivity contribution in [3.63, 3.8) is 0 Å². The number of alkyl carbamates (subject to hydrolysis) is 1. The fourth-order valence-corrected chi connectivity index (χ4v) is 8.74. The number of likely N-dealkylation sites (N-methyl/N-ethyl adjacent to an activating group) is 1. The molecule has 0 bridgehead atoms. The van der Waals surface area contributed by atoms with Gasteiger partial charge in [-0.15, -0.1) is 0 Å². The maximum absolute atomic E-state index is 13.9. The molecule has 56 heavy (non-hydrogen) atoms. The summed E-state index contributed by atoms with van der Waals surface area (Å²) in [5.74, 6) is 1.59. The molecule has 2 aromatic heterocycles. The van der Waals surface area contributed by atoms with E-state index >= 15 is 0 Å². The molecule has 5 heterocycles. The number of rotatable bonds is 11. The Bertz CT molecular complexity index is 1970. The highest BCUT2D eigenvalue weighted by atomic mass is 35.5. The number of H-pyrrole nitrogens is 2. The van der Waals surface area contributed by atoms with Gasteiger partial charge in [0.1, 0.15) is 28.5 Å². The first-order valence-electron chi connectivity index (χ1n) is 19.9. The molecule has 298 valence electrons. The Morgan fingerprint density at radius 3 is 2.09 bits per heavy atom. The first-order chi connectivity index (χ1) is 27.2. The zero-order chi connectivity index (χ0) is 39.3. The second kappa shape index (κ2) is 17.6. The van der Waals surface area contributed by atoms with Gasteiger partial charge in [-0.3, -0.25) is 9.59 Å². The van der Waals surface area contributed by atoms with Crippen molar-refractivity contribution in [2.24, 2.45) is 11.8 Å². The van der Waals surface area contributed by atoms with Gasteiger partial charge in [0.2, 0.25) is 11.8 Å². The van der Waals surface area contributed by atoms with Crippen LogP contribution in [0, 0.1) is 11.8 Å². The summed E-state index contributed by atoms with van der Waals surface area (Å²) in [7, 11) is 3.17. The number of carbonyl (C=O) groups excluding carboxylic acids is 3. The van der Waals surface area contributed by atoms with Crippen LogP contribution < -0.4 is 10.6 Å². The minimum atomic E-state index is -0.713. The number of aromatic amines is 2. The van der Waals surface area contributed by atoms with E-state index in [1.165, 1.54) is 7.11 Å². The molecule has 0 saturated carbocycles. The van der Waals surface area contributed by atoms with Gasteiger partial charge in [-0.2, -0.15) is 0 Å². The number of carbonyl (C=O) groups is 3. The van der Waals surface area contributed by atoms with E-state index in [0.29, 0.717) is 36.4 Å². The van der Waals surface area contributed by atoms with Crippen molar-refractivity contribution in [3.05, 3.63) is 71.5 Å². The van der Waals surface area contributed by atoms with Crippen molar-refractivity contribution in [3.8, 4) is 33.6 Å². The summed E-state index contributed by atoms with van der Waals surface area (Å²) in [6.07, 6.45) is 7.51. The molecule has 13 nitrogen and oxygen atoms in total. The minimum Gasteiger partial charge on any atom is -0.453 e. The van der Waals surface area contributed by atoms with E-state index in [0.717, 1.165) is 85.3 Å². The summed E-state index contributed by atoms with van der Waals surface area (Å²) in [4.78, 5) is 59.7. The van der Waals surface area contributed by atoms with Crippen LogP contribution in [0.1, 0.15) is 82.5 Å². The lowest BCUT2D eigenvalue weighted by Crippen LogP contribution is -2.52. The Morgan fingerprint density at radius 2 is 1.43 bits per heavy atom. The first-order valence-corrected chi connectivity index (χ1v) is 20.3. The van der Waals surface area contributed by atoms with Crippen molar-refractivity contribution in [2.45, 2.75) is 83.0 Å². The second-order valence-corrected chi connectivity index (χ2v) is 15.8. The fourth-order valence-electron chi connectivity index (χ4n) is 8.49. The van der Waals surface area contributed by atoms with Crippen LogP contribution in [0.5, 0.6) is 0 Å². The van der Waals surface area contributed by atoms with Crippen LogP contribution in [0.4, 0.5) is 4.79 Å². The molecule has 0 radical (unpaired) electrons. The molecule has 2 unspecified atom stereocenters. The smallest absolute Gasteiger partial charge is 0.407 e. The average molecular weight is 785 g/mol. The van der Waals surface area contributed by atoms with Crippen molar-refractivity contribution in [1.29, 1.82) is 0 Å². The van der Waals surface area contributed by atoms with E-state index in [4.69, 9.17) is 31.0 Å². The van der Waals surface area contributed by atoms with E-state index < -0.39 is 12.1 Å². The predicted molar refractivity (Wildman–Crippen MR) is 215 cm³/mol. The van der Waals surface area contributed by atoms with E-state index in [1.54, 1.807) is 4.90 Å². The molecule has 4 aromatic rings. The number of ether oxygens (including phenoxy) is 2.